The second-order valence-electron chi connectivity index (χ2n) is 8.48. The van der Waals surface area contributed by atoms with Crippen LogP contribution in [0.1, 0.15) is 25.0 Å². The Morgan fingerprint density at radius 2 is 1.57 bits per heavy atom. The van der Waals surface area contributed by atoms with Gasteiger partial charge in [-0.1, -0.05) is 35.9 Å². The highest BCUT2D eigenvalue weighted by molar-refractivity contribution is 7.92. The summed E-state index contributed by atoms with van der Waals surface area (Å²) in [6, 6.07) is 15.6. The topological polar surface area (TPSA) is 86.8 Å². The molecule has 2 amide bonds. The zero-order valence-electron chi connectivity index (χ0n) is 20.8. The molecule has 7 nitrogen and oxygen atoms in total. The van der Waals surface area contributed by atoms with Crippen molar-refractivity contribution in [2.45, 2.75) is 38.3 Å². The van der Waals surface area contributed by atoms with Crippen molar-refractivity contribution in [2.75, 3.05) is 17.4 Å². The lowest BCUT2D eigenvalue weighted by atomic mass is 10.1. The molecule has 0 spiro atoms. The van der Waals surface area contributed by atoms with Gasteiger partial charge in [0, 0.05) is 18.7 Å². The number of aryl methyl sites for hydroxylation is 1. The van der Waals surface area contributed by atoms with E-state index in [0.717, 1.165) is 26.9 Å². The maximum Gasteiger partial charge on any atom is 0.264 e. The maximum absolute atomic E-state index is 14.5. The highest BCUT2D eigenvalue weighted by atomic mass is 32.2. The molecule has 0 aromatic heterocycles. The van der Waals surface area contributed by atoms with Gasteiger partial charge < -0.3 is 10.2 Å². The summed E-state index contributed by atoms with van der Waals surface area (Å²) in [5, 5.41) is 2.63. The molecule has 3 rings (SSSR count). The van der Waals surface area contributed by atoms with Gasteiger partial charge in [-0.2, -0.15) is 0 Å². The molecule has 1 atom stereocenters. The van der Waals surface area contributed by atoms with Crippen LogP contribution in [0.4, 0.5) is 14.5 Å². The third kappa shape index (κ3) is 6.71. The van der Waals surface area contributed by atoms with Crippen LogP contribution in [0.3, 0.4) is 0 Å². The van der Waals surface area contributed by atoms with Crippen LogP contribution in [-0.2, 0) is 26.2 Å². The second kappa shape index (κ2) is 12.0. The molecular formula is C27H29F2N3O4S. The molecule has 3 aromatic carbocycles. The summed E-state index contributed by atoms with van der Waals surface area (Å²) in [7, 11) is -4.26. The largest absolute Gasteiger partial charge is 0.355 e. The van der Waals surface area contributed by atoms with Gasteiger partial charge in [0.2, 0.25) is 11.8 Å². The minimum Gasteiger partial charge on any atom is -0.355 e. The molecule has 37 heavy (non-hydrogen) atoms. The average molecular weight is 530 g/mol. The average Bonchev–Trinajstić information content (AvgIpc) is 2.87. The van der Waals surface area contributed by atoms with Crippen molar-refractivity contribution in [3.8, 4) is 0 Å². The van der Waals surface area contributed by atoms with Crippen LogP contribution in [0.5, 0.6) is 0 Å². The molecule has 196 valence electrons. The van der Waals surface area contributed by atoms with Crippen molar-refractivity contribution in [3.05, 3.63) is 95.6 Å². The Balaban J connectivity index is 2.03. The Morgan fingerprint density at radius 3 is 2.16 bits per heavy atom. The van der Waals surface area contributed by atoms with Gasteiger partial charge in [0.25, 0.3) is 10.0 Å². The SMILES string of the molecule is CCNC(=O)[C@@H](C)N(Cc1ccccc1F)C(=O)CN(c1ccc(F)cc1)S(=O)(=O)c1ccc(C)cc1. The molecule has 0 bridgehead atoms. The number of amides is 2. The molecule has 1 N–H and O–H groups in total. The van der Waals surface area contributed by atoms with Gasteiger partial charge in [0.1, 0.15) is 24.2 Å². The van der Waals surface area contributed by atoms with Crippen LogP contribution < -0.4 is 9.62 Å². The highest BCUT2D eigenvalue weighted by Gasteiger charge is 2.32. The number of carbonyl (C=O) groups excluding carboxylic acids is 2. The first-order chi connectivity index (χ1) is 17.5. The summed E-state index contributed by atoms with van der Waals surface area (Å²) < 4.78 is 56.2. The Kier molecular flexibility index (Phi) is 8.99. The predicted molar refractivity (Wildman–Crippen MR) is 137 cm³/mol. The summed E-state index contributed by atoms with van der Waals surface area (Å²) in [5.41, 5.74) is 1.07. The summed E-state index contributed by atoms with van der Waals surface area (Å²) in [4.78, 5) is 27.3. The third-order valence-corrected chi connectivity index (χ3v) is 7.61. The summed E-state index contributed by atoms with van der Waals surface area (Å²) in [6.45, 7) is 4.37. The first-order valence-corrected chi connectivity index (χ1v) is 13.1. The van der Waals surface area contributed by atoms with E-state index in [9.17, 15) is 26.8 Å². The zero-order valence-corrected chi connectivity index (χ0v) is 21.6. The van der Waals surface area contributed by atoms with E-state index in [0.29, 0.717) is 6.54 Å². The van der Waals surface area contributed by atoms with Crippen molar-refractivity contribution < 1.29 is 26.8 Å². The fourth-order valence-electron chi connectivity index (χ4n) is 3.69. The molecule has 0 radical (unpaired) electrons. The van der Waals surface area contributed by atoms with Gasteiger partial charge in [-0.25, -0.2) is 17.2 Å². The number of nitrogens with one attached hydrogen (secondary N) is 1. The van der Waals surface area contributed by atoms with Gasteiger partial charge in [-0.15, -0.1) is 0 Å². The number of hydrogen-bond acceptors (Lipinski definition) is 4. The van der Waals surface area contributed by atoms with E-state index in [1.807, 2.05) is 0 Å². The lowest BCUT2D eigenvalue weighted by Crippen LogP contribution is -2.51. The Bertz CT molecular complexity index is 1350. The number of hydrogen-bond donors (Lipinski definition) is 1. The first-order valence-electron chi connectivity index (χ1n) is 11.7. The van der Waals surface area contributed by atoms with E-state index in [2.05, 4.69) is 5.32 Å². The normalized spacial score (nSPS) is 12.0. The second-order valence-corrected chi connectivity index (χ2v) is 10.3. The number of likely N-dealkylation sites (N-methyl/N-ethyl adjacent to an activating group) is 1. The van der Waals surface area contributed by atoms with Crippen LogP contribution in [0.2, 0.25) is 0 Å². The molecule has 0 unspecified atom stereocenters. The minimum absolute atomic E-state index is 0.0619. The van der Waals surface area contributed by atoms with Crippen molar-refractivity contribution in [1.29, 1.82) is 0 Å². The third-order valence-electron chi connectivity index (χ3n) is 5.82. The highest BCUT2D eigenvalue weighted by Crippen LogP contribution is 2.25. The Hall–Kier alpha value is -3.79. The van der Waals surface area contributed by atoms with E-state index >= 15 is 0 Å². The molecule has 0 heterocycles. The summed E-state index contributed by atoms with van der Waals surface area (Å²) in [6.07, 6.45) is 0. The number of anilines is 1. The summed E-state index contributed by atoms with van der Waals surface area (Å²) >= 11 is 0. The standard InChI is InChI=1S/C27H29F2N3O4S/c1-4-30-27(34)20(3)31(17-21-7-5-6-8-25(21)29)26(33)18-32(23-13-11-22(28)12-14-23)37(35,36)24-15-9-19(2)10-16-24/h5-16,20H,4,17-18H2,1-3H3,(H,30,34)/t20-/m1/s1. The van der Waals surface area contributed by atoms with Crippen molar-refractivity contribution in [3.63, 3.8) is 0 Å². The van der Waals surface area contributed by atoms with Crippen LogP contribution in [0.25, 0.3) is 0 Å². The monoisotopic (exact) mass is 529 g/mol. The van der Waals surface area contributed by atoms with Gasteiger partial charge in [0.15, 0.2) is 0 Å². The fourth-order valence-corrected chi connectivity index (χ4v) is 5.10. The quantitative estimate of drug-likeness (QED) is 0.430. The van der Waals surface area contributed by atoms with E-state index in [4.69, 9.17) is 0 Å². The molecule has 0 fully saturated rings. The maximum atomic E-state index is 14.5. The van der Waals surface area contributed by atoms with Gasteiger partial charge in [-0.05, 0) is 63.2 Å². The lowest BCUT2D eigenvalue weighted by Gasteiger charge is -2.32. The Morgan fingerprint density at radius 1 is 0.946 bits per heavy atom. The molecule has 3 aromatic rings. The first kappa shape index (κ1) is 27.8. The molecule has 0 saturated heterocycles. The van der Waals surface area contributed by atoms with E-state index in [1.54, 1.807) is 32.0 Å². The molecule has 10 heteroatoms. The van der Waals surface area contributed by atoms with Gasteiger partial charge in [0.05, 0.1) is 10.6 Å². The Labute approximate surface area is 215 Å². The number of benzene rings is 3. The van der Waals surface area contributed by atoms with E-state index in [-0.39, 0.29) is 22.7 Å². The van der Waals surface area contributed by atoms with Crippen molar-refractivity contribution >= 4 is 27.5 Å². The molecule has 0 aliphatic carbocycles. The number of rotatable bonds is 10. The van der Waals surface area contributed by atoms with Gasteiger partial charge in [-0.3, -0.25) is 13.9 Å². The molecular weight excluding hydrogens is 500 g/mol. The van der Waals surface area contributed by atoms with Crippen LogP contribution in [0.15, 0.2) is 77.7 Å². The molecule has 0 aliphatic heterocycles. The number of nitrogens with zero attached hydrogens (tertiary/aromatic N) is 2. The van der Waals surface area contributed by atoms with E-state index in [1.165, 1.54) is 49.4 Å². The smallest absolute Gasteiger partial charge is 0.264 e. The van der Waals surface area contributed by atoms with Crippen LogP contribution in [0, 0.1) is 18.6 Å². The molecule has 0 aliphatic rings. The van der Waals surface area contributed by atoms with Crippen molar-refractivity contribution in [2.24, 2.45) is 0 Å². The number of halogens is 2. The number of carbonyl (C=O) groups is 2. The fraction of sp³-hybridized carbons (Fsp3) is 0.259. The lowest BCUT2D eigenvalue weighted by molar-refractivity contribution is -0.139. The zero-order chi connectivity index (χ0) is 27.2. The van der Waals surface area contributed by atoms with Crippen LogP contribution in [-0.4, -0.2) is 44.3 Å². The predicted octanol–water partition coefficient (Wildman–Crippen LogP) is 4.02. The van der Waals surface area contributed by atoms with Crippen molar-refractivity contribution in [1.82, 2.24) is 10.2 Å². The van der Waals surface area contributed by atoms with Gasteiger partial charge >= 0.3 is 0 Å². The number of sulfonamides is 1. The minimum atomic E-state index is -4.26. The van der Waals surface area contributed by atoms with E-state index < -0.39 is 46.1 Å². The van der Waals surface area contributed by atoms with Crippen LogP contribution >= 0.6 is 0 Å². The molecule has 0 saturated carbocycles. The summed E-state index contributed by atoms with van der Waals surface area (Å²) in [5.74, 6) is -2.34.